The molecule has 1 amide bonds. The van der Waals surface area contributed by atoms with Crippen LogP contribution in [-0.2, 0) is 10.2 Å². The highest BCUT2D eigenvalue weighted by atomic mass is 32.1. The molecule has 0 saturated carbocycles. The zero-order chi connectivity index (χ0) is 11.9. The summed E-state index contributed by atoms with van der Waals surface area (Å²) >= 11 is 1.52. The van der Waals surface area contributed by atoms with Crippen LogP contribution >= 0.6 is 11.3 Å². The molecule has 1 saturated heterocycles. The normalized spacial score (nSPS) is 21.9. The summed E-state index contributed by atoms with van der Waals surface area (Å²) in [6.45, 7) is 6.94. The Morgan fingerprint density at radius 1 is 1.56 bits per heavy atom. The van der Waals surface area contributed by atoms with Crippen molar-refractivity contribution in [3.63, 3.8) is 0 Å². The van der Waals surface area contributed by atoms with Gasteiger partial charge in [0.2, 0.25) is 5.91 Å². The van der Waals surface area contributed by atoms with E-state index in [1.807, 2.05) is 5.38 Å². The molecule has 1 aromatic rings. The molecule has 2 N–H and O–H groups in total. The summed E-state index contributed by atoms with van der Waals surface area (Å²) < 4.78 is 0. The van der Waals surface area contributed by atoms with Crippen molar-refractivity contribution in [1.29, 1.82) is 0 Å². The van der Waals surface area contributed by atoms with Gasteiger partial charge >= 0.3 is 0 Å². The minimum atomic E-state index is -0.0468. The van der Waals surface area contributed by atoms with Gasteiger partial charge in [0, 0.05) is 29.8 Å². The fraction of sp³-hybridized carbons (Fsp3) is 0.636. The Bertz CT molecular complexity index is 408. The van der Waals surface area contributed by atoms with Crippen molar-refractivity contribution in [3.05, 3.63) is 11.1 Å². The maximum absolute atomic E-state index is 11.7. The number of aromatic nitrogens is 1. The zero-order valence-corrected chi connectivity index (χ0v) is 10.7. The van der Waals surface area contributed by atoms with E-state index in [0.29, 0.717) is 13.0 Å². The molecule has 0 aliphatic carbocycles. The monoisotopic (exact) mass is 239 g/mol. The van der Waals surface area contributed by atoms with Crippen molar-refractivity contribution in [2.75, 3.05) is 11.4 Å². The van der Waals surface area contributed by atoms with E-state index in [1.165, 1.54) is 11.3 Å². The van der Waals surface area contributed by atoms with E-state index in [4.69, 9.17) is 5.73 Å². The first kappa shape index (κ1) is 11.5. The van der Waals surface area contributed by atoms with E-state index < -0.39 is 0 Å². The second-order valence-corrected chi connectivity index (χ2v) is 6.07. The molecule has 1 aliphatic rings. The summed E-state index contributed by atoms with van der Waals surface area (Å²) in [4.78, 5) is 17.9. The molecule has 0 aromatic carbocycles. The number of hydrogen-bond donors (Lipinski definition) is 1. The van der Waals surface area contributed by atoms with E-state index in [9.17, 15) is 4.79 Å². The van der Waals surface area contributed by atoms with Crippen molar-refractivity contribution < 1.29 is 4.79 Å². The lowest BCUT2D eigenvalue weighted by Crippen LogP contribution is -2.28. The van der Waals surface area contributed by atoms with Gasteiger partial charge in [-0.2, -0.15) is 0 Å². The molecule has 16 heavy (non-hydrogen) atoms. The van der Waals surface area contributed by atoms with Gasteiger partial charge in [-0.1, -0.05) is 20.8 Å². The van der Waals surface area contributed by atoms with Crippen LogP contribution in [0.1, 0.15) is 32.9 Å². The van der Waals surface area contributed by atoms with E-state index in [0.717, 1.165) is 10.8 Å². The molecule has 1 aromatic heterocycles. The third kappa shape index (κ3) is 2.10. The molecule has 1 atom stereocenters. The van der Waals surface area contributed by atoms with E-state index in [1.54, 1.807) is 4.90 Å². The summed E-state index contributed by atoms with van der Waals surface area (Å²) in [5.41, 5.74) is 6.82. The van der Waals surface area contributed by atoms with Gasteiger partial charge in [0.15, 0.2) is 5.13 Å². The molecule has 2 heterocycles. The van der Waals surface area contributed by atoms with Crippen LogP contribution in [0.3, 0.4) is 0 Å². The van der Waals surface area contributed by atoms with Gasteiger partial charge in [-0.25, -0.2) is 4.98 Å². The number of thiazole rings is 1. The van der Waals surface area contributed by atoms with Crippen LogP contribution in [0.25, 0.3) is 0 Å². The lowest BCUT2D eigenvalue weighted by atomic mass is 9.93. The maximum atomic E-state index is 11.7. The van der Waals surface area contributed by atoms with Crippen LogP contribution in [-0.4, -0.2) is 23.5 Å². The van der Waals surface area contributed by atoms with Gasteiger partial charge in [0.1, 0.15) is 0 Å². The number of carbonyl (C=O) groups excluding carboxylic acids is 1. The fourth-order valence-corrected chi connectivity index (χ4v) is 2.73. The molecule has 0 bridgehead atoms. The van der Waals surface area contributed by atoms with Crippen molar-refractivity contribution in [2.45, 2.75) is 38.6 Å². The number of amides is 1. The molecule has 88 valence electrons. The third-order valence-electron chi connectivity index (χ3n) is 2.65. The Labute approximate surface area is 99.5 Å². The molecule has 1 unspecified atom stereocenters. The largest absolute Gasteiger partial charge is 0.326 e. The smallest absolute Gasteiger partial charge is 0.230 e. The van der Waals surface area contributed by atoms with Crippen LogP contribution < -0.4 is 10.6 Å². The molecule has 5 heteroatoms. The number of nitrogens with two attached hydrogens (primary N) is 1. The number of hydrogen-bond acceptors (Lipinski definition) is 4. The summed E-state index contributed by atoms with van der Waals surface area (Å²) in [6, 6.07) is -0.0468. The lowest BCUT2D eigenvalue weighted by Gasteiger charge is -2.15. The average Bonchev–Trinajstić information content (AvgIpc) is 2.70. The Kier molecular flexibility index (Phi) is 2.75. The molecule has 0 radical (unpaired) electrons. The van der Waals surface area contributed by atoms with Crippen LogP contribution in [0.2, 0.25) is 0 Å². The predicted molar refractivity (Wildman–Crippen MR) is 65.8 cm³/mol. The Morgan fingerprint density at radius 2 is 2.25 bits per heavy atom. The van der Waals surface area contributed by atoms with E-state index in [-0.39, 0.29) is 17.4 Å². The predicted octanol–water partition coefficient (Wildman–Crippen LogP) is 1.50. The van der Waals surface area contributed by atoms with Gasteiger partial charge in [0.25, 0.3) is 0 Å². The fourth-order valence-electron chi connectivity index (χ4n) is 1.65. The first-order chi connectivity index (χ1) is 7.38. The van der Waals surface area contributed by atoms with Crippen LogP contribution in [0.15, 0.2) is 5.38 Å². The van der Waals surface area contributed by atoms with Crippen molar-refractivity contribution in [1.82, 2.24) is 4.98 Å². The van der Waals surface area contributed by atoms with E-state index in [2.05, 4.69) is 25.8 Å². The first-order valence-corrected chi connectivity index (χ1v) is 6.28. The highest BCUT2D eigenvalue weighted by Gasteiger charge is 2.30. The molecule has 1 fully saturated rings. The molecule has 2 rings (SSSR count). The summed E-state index contributed by atoms with van der Waals surface area (Å²) in [7, 11) is 0. The summed E-state index contributed by atoms with van der Waals surface area (Å²) in [5.74, 6) is 0.0855. The van der Waals surface area contributed by atoms with Gasteiger partial charge in [-0.15, -0.1) is 11.3 Å². The highest BCUT2D eigenvalue weighted by Crippen LogP contribution is 2.30. The molecule has 4 nitrogen and oxygen atoms in total. The Hall–Kier alpha value is -0.940. The molecule has 0 spiro atoms. The lowest BCUT2D eigenvalue weighted by molar-refractivity contribution is -0.117. The average molecular weight is 239 g/mol. The number of rotatable bonds is 1. The molecular formula is C11H17N3OS. The minimum absolute atomic E-state index is 0.0274. The molecular weight excluding hydrogens is 222 g/mol. The molecule has 1 aliphatic heterocycles. The number of nitrogens with zero attached hydrogens (tertiary/aromatic N) is 2. The number of carbonyl (C=O) groups is 1. The van der Waals surface area contributed by atoms with Crippen molar-refractivity contribution in [2.24, 2.45) is 5.73 Å². The minimum Gasteiger partial charge on any atom is -0.326 e. The standard InChI is InChI=1S/C11H17N3OS/c1-11(2,3)8-6-16-10(13-8)14-5-7(12)4-9(14)15/h6-7H,4-5,12H2,1-3H3. The zero-order valence-electron chi connectivity index (χ0n) is 9.86. The van der Waals surface area contributed by atoms with Crippen molar-refractivity contribution in [3.8, 4) is 0 Å². The van der Waals surface area contributed by atoms with Gasteiger partial charge in [0.05, 0.1) is 5.69 Å². The number of anilines is 1. The SMILES string of the molecule is CC(C)(C)c1csc(N2CC(N)CC2=O)n1. The topological polar surface area (TPSA) is 59.2 Å². The summed E-state index contributed by atoms with van der Waals surface area (Å²) in [5, 5.41) is 2.80. The third-order valence-corrected chi connectivity index (χ3v) is 3.51. The van der Waals surface area contributed by atoms with Gasteiger partial charge < -0.3 is 5.73 Å². The van der Waals surface area contributed by atoms with Gasteiger partial charge in [-0.05, 0) is 0 Å². The summed E-state index contributed by atoms with van der Waals surface area (Å²) in [6.07, 6.45) is 0.435. The quantitative estimate of drug-likeness (QED) is 0.808. The van der Waals surface area contributed by atoms with Crippen LogP contribution in [0.4, 0.5) is 5.13 Å². The van der Waals surface area contributed by atoms with Crippen LogP contribution in [0, 0.1) is 0 Å². The van der Waals surface area contributed by atoms with E-state index >= 15 is 0 Å². The Morgan fingerprint density at radius 3 is 2.69 bits per heavy atom. The second kappa shape index (κ2) is 3.82. The van der Waals surface area contributed by atoms with Crippen molar-refractivity contribution >= 4 is 22.4 Å². The van der Waals surface area contributed by atoms with Gasteiger partial charge in [-0.3, -0.25) is 9.69 Å². The maximum Gasteiger partial charge on any atom is 0.230 e. The highest BCUT2D eigenvalue weighted by molar-refractivity contribution is 7.14. The Balaban J connectivity index is 2.23. The first-order valence-electron chi connectivity index (χ1n) is 5.40. The second-order valence-electron chi connectivity index (χ2n) is 5.23. The van der Waals surface area contributed by atoms with Crippen LogP contribution in [0.5, 0.6) is 0 Å².